The molecule has 1 aliphatic rings. The number of hydrogen-bond donors (Lipinski definition) is 2. The lowest BCUT2D eigenvalue weighted by atomic mass is 9.90. The number of nitrogens with one attached hydrogen (secondary N) is 2. The molecule has 21 heavy (non-hydrogen) atoms. The summed E-state index contributed by atoms with van der Waals surface area (Å²) >= 11 is 0. The van der Waals surface area contributed by atoms with Gasteiger partial charge in [-0.25, -0.2) is 0 Å². The maximum Gasteiger partial charge on any atom is 0.231 e. The SMILES string of the molecule is CCC(CC)(CC)Nc1nc(NC)nc(N2CCCC2)n1. The Kier molecular flexibility index (Phi) is 5.20. The smallest absolute Gasteiger partial charge is 0.231 e. The molecule has 0 spiro atoms. The lowest BCUT2D eigenvalue weighted by molar-refractivity contribution is 0.417. The first-order valence-electron chi connectivity index (χ1n) is 8.13. The summed E-state index contributed by atoms with van der Waals surface area (Å²) in [5.74, 6) is 2.10. The van der Waals surface area contributed by atoms with Gasteiger partial charge in [0.25, 0.3) is 0 Å². The summed E-state index contributed by atoms with van der Waals surface area (Å²) in [4.78, 5) is 15.9. The molecule has 1 fully saturated rings. The fourth-order valence-electron chi connectivity index (χ4n) is 2.84. The van der Waals surface area contributed by atoms with Gasteiger partial charge in [-0.15, -0.1) is 0 Å². The van der Waals surface area contributed by atoms with E-state index in [1.165, 1.54) is 12.8 Å². The van der Waals surface area contributed by atoms with Gasteiger partial charge in [0.15, 0.2) is 0 Å². The maximum absolute atomic E-state index is 4.64. The third-order valence-corrected chi connectivity index (χ3v) is 4.64. The second-order valence-corrected chi connectivity index (χ2v) is 5.69. The molecule has 0 atom stereocenters. The zero-order valence-electron chi connectivity index (χ0n) is 13.7. The van der Waals surface area contributed by atoms with Crippen LogP contribution in [0, 0.1) is 0 Å². The highest BCUT2D eigenvalue weighted by molar-refractivity contribution is 5.45. The zero-order valence-corrected chi connectivity index (χ0v) is 13.7. The van der Waals surface area contributed by atoms with E-state index < -0.39 is 0 Å². The van der Waals surface area contributed by atoms with Crippen molar-refractivity contribution in [2.45, 2.75) is 58.4 Å². The molecule has 2 N–H and O–H groups in total. The maximum atomic E-state index is 4.64. The second kappa shape index (κ2) is 6.91. The van der Waals surface area contributed by atoms with Crippen molar-refractivity contribution >= 4 is 17.8 Å². The molecule has 0 saturated carbocycles. The Morgan fingerprint density at radius 1 is 0.952 bits per heavy atom. The van der Waals surface area contributed by atoms with Gasteiger partial charge in [-0.3, -0.25) is 0 Å². The summed E-state index contributed by atoms with van der Waals surface area (Å²) in [6.07, 6.45) is 5.59. The standard InChI is InChI=1S/C15H28N6/c1-5-15(6-2,7-3)20-13-17-12(16-4)18-14(19-13)21-10-8-9-11-21/h5-11H2,1-4H3,(H2,16,17,18,19,20). The van der Waals surface area contributed by atoms with Crippen LogP contribution in [0.15, 0.2) is 0 Å². The van der Waals surface area contributed by atoms with Crippen molar-refractivity contribution in [3.8, 4) is 0 Å². The van der Waals surface area contributed by atoms with E-state index in [-0.39, 0.29) is 5.54 Å². The van der Waals surface area contributed by atoms with Crippen molar-refractivity contribution in [1.29, 1.82) is 0 Å². The summed E-state index contributed by atoms with van der Waals surface area (Å²) in [5.41, 5.74) is 0.0641. The van der Waals surface area contributed by atoms with Crippen LogP contribution in [0.4, 0.5) is 17.8 Å². The van der Waals surface area contributed by atoms with Crippen molar-refractivity contribution in [1.82, 2.24) is 15.0 Å². The van der Waals surface area contributed by atoms with Crippen LogP contribution in [0.25, 0.3) is 0 Å². The van der Waals surface area contributed by atoms with Crippen LogP contribution in [0.3, 0.4) is 0 Å². The van der Waals surface area contributed by atoms with Gasteiger partial charge in [-0.2, -0.15) is 15.0 Å². The van der Waals surface area contributed by atoms with E-state index in [4.69, 9.17) is 0 Å². The fourth-order valence-corrected chi connectivity index (χ4v) is 2.84. The third-order valence-electron chi connectivity index (χ3n) is 4.64. The number of rotatable bonds is 7. The average Bonchev–Trinajstić information content (AvgIpc) is 3.07. The van der Waals surface area contributed by atoms with Gasteiger partial charge < -0.3 is 15.5 Å². The minimum Gasteiger partial charge on any atom is -0.357 e. The highest BCUT2D eigenvalue weighted by Gasteiger charge is 2.26. The molecular weight excluding hydrogens is 264 g/mol. The van der Waals surface area contributed by atoms with Gasteiger partial charge in [0.05, 0.1) is 0 Å². The molecular formula is C15H28N6. The minimum absolute atomic E-state index is 0.0641. The number of aromatic nitrogens is 3. The fraction of sp³-hybridized carbons (Fsp3) is 0.800. The molecule has 0 amide bonds. The normalized spacial score (nSPS) is 15.3. The molecule has 2 rings (SSSR count). The Balaban J connectivity index is 2.27. The Morgan fingerprint density at radius 3 is 2.05 bits per heavy atom. The van der Waals surface area contributed by atoms with Crippen molar-refractivity contribution in [2.24, 2.45) is 0 Å². The van der Waals surface area contributed by atoms with Crippen LogP contribution in [0.5, 0.6) is 0 Å². The van der Waals surface area contributed by atoms with E-state index in [0.717, 1.165) is 38.3 Å². The Hall–Kier alpha value is -1.59. The van der Waals surface area contributed by atoms with Crippen molar-refractivity contribution in [3.63, 3.8) is 0 Å². The van der Waals surface area contributed by atoms with E-state index in [9.17, 15) is 0 Å². The van der Waals surface area contributed by atoms with Gasteiger partial charge in [0.2, 0.25) is 17.8 Å². The molecule has 2 heterocycles. The van der Waals surface area contributed by atoms with Crippen LogP contribution >= 0.6 is 0 Å². The van der Waals surface area contributed by atoms with Crippen LogP contribution in [0.2, 0.25) is 0 Å². The molecule has 0 aromatic carbocycles. The third kappa shape index (κ3) is 3.54. The predicted molar refractivity (Wildman–Crippen MR) is 88.0 cm³/mol. The average molecular weight is 292 g/mol. The van der Waals surface area contributed by atoms with Gasteiger partial charge in [0, 0.05) is 25.7 Å². The van der Waals surface area contributed by atoms with Gasteiger partial charge in [0.1, 0.15) is 0 Å². The molecule has 118 valence electrons. The Bertz CT molecular complexity index is 443. The quantitative estimate of drug-likeness (QED) is 0.805. The lowest BCUT2D eigenvalue weighted by Gasteiger charge is -2.32. The topological polar surface area (TPSA) is 66.0 Å². The van der Waals surface area contributed by atoms with Crippen LogP contribution in [-0.4, -0.2) is 40.6 Å². The summed E-state index contributed by atoms with van der Waals surface area (Å²) in [5, 5.41) is 6.59. The molecule has 0 bridgehead atoms. The molecule has 1 saturated heterocycles. The van der Waals surface area contributed by atoms with Crippen LogP contribution in [-0.2, 0) is 0 Å². The first-order chi connectivity index (χ1) is 10.2. The predicted octanol–water partition coefficient (Wildman–Crippen LogP) is 2.89. The van der Waals surface area contributed by atoms with Crippen molar-refractivity contribution in [2.75, 3.05) is 35.7 Å². The first kappa shape index (κ1) is 15.8. The molecule has 0 aliphatic carbocycles. The molecule has 0 radical (unpaired) electrons. The van der Waals surface area contributed by atoms with E-state index in [1.807, 2.05) is 7.05 Å². The molecule has 0 unspecified atom stereocenters. The largest absolute Gasteiger partial charge is 0.357 e. The summed E-state index contributed by atoms with van der Waals surface area (Å²) in [6, 6.07) is 0. The zero-order chi connectivity index (χ0) is 15.3. The summed E-state index contributed by atoms with van der Waals surface area (Å²) < 4.78 is 0. The lowest BCUT2D eigenvalue weighted by Crippen LogP contribution is -2.37. The van der Waals surface area contributed by atoms with E-state index in [2.05, 4.69) is 51.3 Å². The number of anilines is 3. The van der Waals surface area contributed by atoms with Crippen molar-refractivity contribution in [3.05, 3.63) is 0 Å². The highest BCUT2D eigenvalue weighted by Crippen LogP contribution is 2.25. The number of nitrogens with zero attached hydrogens (tertiary/aromatic N) is 4. The second-order valence-electron chi connectivity index (χ2n) is 5.69. The first-order valence-corrected chi connectivity index (χ1v) is 8.13. The monoisotopic (exact) mass is 292 g/mol. The Labute approximate surface area is 127 Å². The molecule has 1 aromatic heterocycles. The summed E-state index contributed by atoms with van der Waals surface area (Å²) in [6.45, 7) is 8.70. The van der Waals surface area contributed by atoms with Gasteiger partial charge in [-0.05, 0) is 32.1 Å². The van der Waals surface area contributed by atoms with Gasteiger partial charge >= 0.3 is 0 Å². The van der Waals surface area contributed by atoms with E-state index >= 15 is 0 Å². The van der Waals surface area contributed by atoms with Crippen LogP contribution in [0.1, 0.15) is 52.9 Å². The Morgan fingerprint density at radius 2 is 1.52 bits per heavy atom. The van der Waals surface area contributed by atoms with Crippen LogP contribution < -0.4 is 15.5 Å². The minimum atomic E-state index is 0.0641. The molecule has 1 aromatic rings. The molecule has 1 aliphatic heterocycles. The van der Waals surface area contributed by atoms with Gasteiger partial charge in [-0.1, -0.05) is 20.8 Å². The number of hydrogen-bond acceptors (Lipinski definition) is 6. The highest BCUT2D eigenvalue weighted by atomic mass is 15.3. The molecule has 6 nitrogen and oxygen atoms in total. The summed E-state index contributed by atoms with van der Waals surface area (Å²) in [7, 11) is 1.85. The van der Waals surface area contributed by atoms with Crippen molar-refractivity contribution < 1.29 is 0 Å². The van der Waals surface area contributed by atoms with E-state index in [1.54, 1.807) is 0 Å². The van der Waals surface area contributed by atoms with E-state index in [0.29, 0.717) is 11.9 Å². The molecule has 6 heteroatoms.